The topological polar surface area (TPSA) is 9.23 Å². The summed E-state index contributed by atoms with van der Waals surface area (Å²) in [6, 6.07) is 27.5. The van der Waals surface area contributed by atoms with Crippen LogP contribution in [0.3, 0.4) is 0 Å². The quantitative estimate of drug-likeness (QED) is 0.454. The van der Waals surface area contributed by atoms with Crippen LogP contribution < -0.4 is 9.92 Å². The molecule has 0 unspecified atom stereocenters. The van der Waals surface area contributed by atoms with E-state index in [2.05, 4.69) is 62.5 Å². The number of thioether (sulfide) groups is 1. The fraction of sp³-hybridized carbons (Fsp3) is 0.217. The van der Waals surface area contributed by atoms with Crippen molar-refractivity contribution >= 4 is 25.0 Å². The van der Waals surface area contributed by atoms with Gasteiger partial charge >= 0.3 is 0 Å². The summed E-state index contributed by atoms with van der Waals surface area (Å²) >= 11 is 2.03. The average Bonchev–Trinajstić information content (AvgIpc) is 2.63. The van der Waals surface area contributed by atoms with Crippen LogP contribution in [0.15, 0.2) is 78.9 Å². The van der Waals surface area contributed by atoms with Gasteiger partial charge in [-0.05, 0) is 42.1 Å². The minimum absolute atomic E-state index is 0.880. The monoisotopic (exact) mass is 378 g/mol. The van der Waals surface area contributed by atoms with E-state index < -0.39 is 8.07 Å². The van der Waals surface area contributed by atoms with Gasteiger partial charge in [-0.1, -0.05) is 78.4 Å². The summed E-state index contributed by atoms with van der Waals surface area (Å²) in [6.45, 7) is 7.07. The largest absolute Gasteiger partial charge is 0.457 e. The minimum Gasteiger partial charge on any atom is -0.457 e. The Bertz CT molecular complexity index is 828. The Balaban J connectivity index is 1.58. The lowest BCUT2D eigenvalue weighted by Crippen LogP contribution is -2.44. The molecule has 134 valence electrons. The highest BCUT2D eigenvalue weighted by molar-refractivity contribution is 8.00. The lowest BCUT2D eigenvalue weighted by atomic mass is 10.2. The molecule has 0 saturated carbocycles. The third kappa shape index (κ3) is 5.26. The molecule has 3 rings (SSSR count). The molecule has 3 aromatic rings. The molecule has 0 aromatic heterocycles. The molecule has 1 nitrogen and oxygen atoms in total. The Hall–Kier alpha value is -1.97. The Labute approximate surface area is 162 Å². The molecule has 0 aliphatic heterocycles. The maximum absolute atomic E-state index is 5.95. The normalized spacial score (nSPS) is 11.3. The molecule has 0 bridgehead atoms. The van der Waals surface area contributed by atoms with Crippen LogP contribution in [0.25, 0.3) is 0 Å². The first kappa shape index (κ1) is 18.8. The van der Waals surface area contributed by atoms with Crippen LogP contribution in [0.2, 0.25) is 13.1 Å². The molecule has 3 heteroatoms. The standard InChI is InChI=1S/C23H26OSSi/c1-19-12-14-23(15-13-19)26(2,3)18-25-17-20-8-7-11-22(16-20)24-21-9-5-4-6-10-21/h4-16H,17-18H2,1-3H3. The van der Waals surface area contributed by atoms with E-state index in [-0.39, 0.29) is 0 Å². The summed E-state index contributed by atoms with van der Waals surface area (Å²) in [5.74, 6) is 2.81. The highest BCUT2D eigenvalue weighted by atomic mass is 32.2. The summed E-state index contributed by atoms with van der Waals surface area (Å²) in [5.41, 5.74) is 2.65. The van der Waals surface area contributed by atoms with Gasteiger partial charge in [0.2, 0.25) is 0 Å². The number of hydrogen-bond donors (Lipinski definition) is 0. The zero-order chi connectivity index (χ0) is 18.4. The van der Waals surface area contributed by atoms with Crippen LogP contribution in [0.1, 0.15) is 11.1 Å². The molecule has 0 N–H and O–H groups in total. The van der Waals surface area contributed by atoms with Crippen LogP contribution in [0, 0.1) is 6.92 Å². The lowest BCUT2D eigenvalue weighted by Gasteiger charge is -2.22. The highest BCUT2D eigenvalue weighted by Gasteiger charge is 2.23. The summed E-state index contributed by atoms with van der Waals surface area (Å²) in [4.78, 5) is 0. The van der Waals surface area contributed by atoms with E-state index in [9.17, 15) is 0 Å². The van der Waals surface area contributed by atoms with E-state index in [0.717, 1.165) is 17.3 Å². The fourth-order valence-electron chi connectivity index (χ4n) is 2.84. The van der Waals surface area contributed by atoms with Gasteiger partial charge in [-0.2, -0.15) is 11.8 Å². The number of aryl methyl sites for hydroxylation is 1. The van der Waals surface area contributed by atoms with Crippen LogP contribution in [-0.4, -0.2) is 13.5 Å². The Morgan fingerprint density at radius 3 is 2.23 bits per heavy atom. The summed E-state index contributed by atoms with van der Waals surface area (Å²) in [6.07, 6.45) is 0. The Morgan fingerprint density at radius 1 is 0.808 bits per heavy atom. The van der Waals surface area contributed by atoms with Crippen molar-refractivity contribution < 1.29 is 4.74 Å². The fourth-order valence-corrected chi connectivity index (χ4v) is 7.44. The van der Waals surface area contributed by atoms with Crippen molar-refractivity contribution in [3.63, 3.8) is 0 Å². The van der Waals surface area contributed by atoms with Gasteiger partial charge < -0.3 is 4.74 Å². The molecule has 0 aliphatic carbocycles. The molecule has 0 saturated heterocycles. The highest BCUT2D eigenvalue weighted by Crippen LogP contribution is 2.24. The first-order chi connectivity index (χ1) is 12.5. The van der Waals surface area contributed by atoms with E-state index >= 15 is 0 Å². The molecule has 0 heterocycles. The molecular weight excluding hydrogens is 352 g/mol. The van der Waals surface area contributed by atoms with E-state index in [0.29, 0.717) is 0 Å². The van der Waals surface area contributed by atoms with E-state index in [1.54, 1.807) is 0 Å². The number of ether oxygens (including phenoxy) is 1. The van der Waals surface area contributed by atoms with E-state index in [4.69, 9.17) is 4.74 Å². The van der Waals surface area contributed by atoms with Crippen LogP contribution in [-0.2, 0) is 5.75 Å². The maximum atomic E-state index is 5.95. The molecule has 0 aliphatic rings. The molecule has 3 aromatic carbocycles. The van der Waals surface area contributed by atoms with Crippen molar-refractivity contribution in [2.45, 2.75) is 25.8 Å². The molecular formula is C23H26OSSi. The van der Waals surface area contributed by atoms with Gasteiger partial charge in [0.1, 0.15) is 11.5 Å². The van der Waals surface area contributed by atoms with Gasteiger partial charge in [0.25, 0.3) is 0 Å². The van der Waals surface area contributed by atoms with E-state index in [1.165, 1.54) is 21.7 Å². The van der Waals surface area contributed by atoms with Crippen molar-refractivity contribution in [2.75, 3.05) is 5.38 Å². The number of benzene rings is 3. The minimum atomic E-state index is -1.40. The van der Waals surface area contributed by atoms with Crippen molar-refractivity contribution in [3.05, 3.63) is 90.0 Å². The zero-order valence-corrected chi connectivity index (χ0v) is 17.6. The second kappa shape index (κ2) is 8.61. The average molecular weight is 379 g/mol. The molecule has 0 atom stereocenters. The molecule has 0 amide bonds. The Kier molecular flexibility index (Phi) is 6.23. The molecule has 0 fully saturated rings. The third-order valence-corrected chi connectivity index (χ3v) is 10.6. The maximum Gasteiger partial charge on any atom is 0.127 e. The second-order valence-electron chi connectivity index (χ2n) is 7.31. The van der Waals surface area contributed by atoms with Gasteiger partial charge in [0.05, 0.1) is 8.07 Å². The van der Waals surface area contributed by atoms with Gasteiger partial charge in [-0.3, -0.25) is 0 Å². The van der Waals surface area contributed by atoms with Gasteiger partial charge in [0.15, 0.2) is 0 Å². The predicted molar refractivity (Wildman–Crippen MR) is 117 cm³/mol. The van der Waals surface area contributed by atoms with Gasteiger partial charge in [-0.25, -0.2) is 0 Å². The Morgan fingerprint density at radius 2 is 1.50 bits per heavy atom. The van der Waals surface area contributed by atoms with Crippen molar-refractivity contribution in [2.24, 2.45) is 0 Å². The third-order valence-electron chi connectivity index (χ3n) is 4.44. The zero-order valence-electron chi connectivity index (χ0n) is 15.7. The first-order valence-electron chi connectivity index (χ1n) is 9.00. The van der Waals surface area contributed by atoms with Crippen molar-refractivity contribution in [3.8, 4) is 11.5 Å². The van der Waals surface area contributed by atoms with Crippen LogP contribution >= 0.6 is 11.8 Å². The molecule has 0 radical (unpaired) electrons. The number of hydrogen-bond acceptors (Lipinski definition) is 2. The number of rotatable bonds is 7. The first-order valence-corrected chi connectivity index (χ1v) is 13.4. The van der Waals surface area contributed by atoms with E-state index in [1.807, 2.05) is 48.2 Å². The lowest BCUT2D eigenvalue weighted by molar-refractivity contribution is 0.482. The van der Waals surface area contributed by atoms with Crippen molar-refractivity contribution in [1.82, 2.24) is 0 Å². The molecule has 26 heavy (non-hydrogen) atoms. The van der Waals surface area contributed by atoms with Crippen molar-refractivity contribution in [1.29, 1.82) is 0 Å². The van der Waals surface area contributed by atoms with Gasteiger partial charge in [-0.15, -0.1) is 0 Å². The SMILES string of the molecule is Cc1ccc([Si](C)(C)CSCc2cccc(Oc3ccccc3)c2)cc1. The predicted octanol–water partition coefficient (Wildman–Crippen LogP) is 6.18. The summed E-state index contributed by atoms with van der Waals surface area (Å²) < 4.78 is 5.95. The summed E-state index contributed by atoms with van der Waals surface area (Å²) in [7, 11) is -1.40. The summed E-state index contributed by atoms with van der Waals surface area (Å²) in [5, 5.41) is 2.76. The van der Waals surface area contributed by atoms with Crippen LogP contribution in [0.5, 0.6) is 11.5 Å². The molecule has 0 spiro atoms. The smallest absolute Gasteiger partial charge is 0.127 e. The van der Waals surface area contributed by atoms with Gasteiger partial charge in [0, 0.05) is 5.75 Å². The number of para-hydroxylation sites is 1. The second-order valence-corrected chi connectivity index (χ2v) is 13.5. The van der Waals surface area contributed by atoms with Crippen LogP contribution in [0.4, 0.5) is 0 Å².